The Bertz CT molecular complexity index is 789. The maximum absolute atomic E-state index is 12.5. The number of rotatable bonds is 3. The first-order chi connectivity index (χ1) is 12.6. The first-order valence-electron chi connectivity index (χ1n) is 9.27. The van der Waals surface area contributed by atoms with Crippen LogP contribution in [0.15, 0.2) is 29.8 Å². The van der Waals surface area contributed by atoms with E-state index in [9.17, 15) is 9.59 Å². The molecule has 1 saturated carbocycles. The molecule has 146 valence electrons. The second kappa shape index (κ2) is 6.79. The molecule has 2 atom stereocenters. The molecule has 5 heteroatoms. The highest BCUT2D eigenvalue weighted by atomic mass is 16.5. The number of carbonyl (C=O) groups is 2. The lowest BCUT2D eigenvalue weighted by Crippen LogP contribution is -2.42. The molecule has 0 spiro atoms. The molecule has 1 aliphatic heterocycles. The van der Waals surface area contributed by atoms with Crippen molar-refractivity contribution in [3.05, 3.63) is 46.5 Å². The van der Waals surface area contributed by atoms with Gasteiger partial charge in [-0.25, -0.2) is 0 Å². The van der Waals surface area contributed by atoms with Gasteiger partial charge in [0.25, 0.3) is 0 Å². The van der Waals surface area contributed by atoms with Crippen LogP contribution in [0.3, 0.4) is 0 Å². The third-order valence-electron chi connectivity index (χ3n) is 6.03. The lowest BCUT2D eigenvalue weighted by Gasteiger charge is -2.40. The molecule has 1 fully saturated rings. The van der Waals surface area contributed by atoms with Crippen LogP contribution in [0.5, 0.6) is 0 Å². The molecule has 5 nitrogen and oxygen atoms in total. The molecule has 1 heterocycles. The van der Waals surface area contributed by atoms with Crippen LogP contribution >= 0.6 is 0 Å². The zero-order valence-electron chi connectivity index (χ0n) is 16.9. The zero-order valence-corrected chi connectivity index (χ0v) is 16.9. The van der Waals surface area contributed by atoms with Crippen LogP contribution in [0.2, 0.25) is 0 Å². The highest BCUT2D eigenvalue weighted by Crippen LogP contribution is 2.55. The van der Waals surface area contributed by atoms with Gasteiger partial charge in [0.1, 0.15) is 6.10 Å². The monoisotopic (exact) mass is 372 g/mol. The van der Waals surface area contributed by atoms with Gasteiger partial charge in [-0.15, -0.1) is 0 Å². The van der Waals surface area contributed by atoms with Crippen LogP contribution in [0, 0.1) is 25.2 Å². The predicted octanol–water partition coefficient (Wildman–Crippen LogP) is 3.82. The molecular weight excluding hydrogens is 344 g/mol. The standard InChI is InChI=1S/C22H28O5/c1-13-7-8-16(14(2)9-13)18-10-15-11-22(19(23)25-5,20(24)26-6)12-17(15)21(3,4)27-18/h7-10,17-18H,11-12H2,1-6H3/t17-,18+/m1/s1. The Balaban J connectivity index is 2.05. The van der Waals surface area contributed by atoms with Crippen LogP contribution in [-0.4, -0.2) is 31.8 Å². The van der Waals surface area contributed by atoms with Gasteiger partial charge in [-0.05, 0) is 51.7 Å². The number of hydrogen-bond acceptors (Lipinski definition) is 5. The number of carbonyl (C=O) groups excluding carboxylic acids is 2. The number of methoxy groups -OCH3 is 2. The minimum Gasteiger partial charge on any atom is -0.468 e. The summed E-state index contributed by atoms with van der Waals surface area (Å²) in [4.78, 5) is 25.1. The molecule has 0 unspecified atom stereocenters. The zero-order chi connectivity index (χ0) is 20.0. The summed E-state index contributed by atoms with van der Waals surface area (Å²) in [7, 11) is 2.62. The van der Waals surface area contributed by atoms with Crippen LogP contribution in [0.1, 0.15) is 49.5 Å². The second-order valence-corrected chi connectivity index (χ2v) is 8.24. The van der Waals surface area contributed by atoms with E-state index in [1.54, 1.807) is 0 Å². The van der Waals surface area contributed by atoms with Crippen molar-refractivity contribution in [2.45, 2.75) is 52.2 Å². The highest BCUT2D eigenvalue weighted by molar-refractivity contribution is 6.01. The Labute approximate surface area is 160 Å². The van der Waals surface area contributed by atoms with Crippen molar-refractivity contribution in [1.82, 2.24) is 0 Å². The van der Waals surface area contributed by atoms with E-state index in [0.717, 1.165) is 16.7 Å². The Hall–Kier alpha value is -2.14. The van der Waals surface area contributed by atoms with Crippen molar-refractivity contribution in [1.29, 1.82) is 0 Å². The Kier molecular flexibility index (Phi) is 4.93. The average Bonchev–Trinajstić information content (AvgIpc) is 3.01. The highest BCUT2D eigenvalue weighted by Gasteiger charge is 2.59. The fourth-order valence-corrected chi connectivity index (χ4v) is 4.61. The smallest absolute Gasteiger partial charge is 0.323 e. The maximum atomic E-state index is 12.5. The number of benzene rings is 1. The second-order valence-electron chi connectivity index (χ2n) is 8.24. The van der Waals surface area contributed by atoms with Gasteiger partial charge in [-0.2, -0.15) is 0 Å². The fraction of sp³-hybridized carbons (Fsp3) is 0.545. The minimum absolute atomic E-state index is 0.0438. The summed E-state index contributed by atoms with van der Waals surface area (Å²) in [5, 5.41) is 0. The number of fused-ring (bicyclic) bond motifs is 1. The molecule has 1 aromatic rings. The Morgan fingerprint density at radius 3 is 2.30 bits per heavy atom. The average molecular weight is 372 g/mol. The first kappa shape index (κ1) is 19.6. The summed E-state index contributed by atoms with van der Waals surface area (Å²) in [6.45, 7) is 8.18. The lowest BCUT2D eigenvalue weighted by molar-refractivity contribution is -0.169. The molecular formula is C22H28O5. The molecule has 27 heavy (non-hydrogen) atoms. The van der Waals surface area contributed by atoms with Crippen molar-refractivity contribution >= 4 is 11.9 Å². The van der Waals surface area contributed by atoms with E-state index in [-0.39, 0.29) is 12.0 Å². The van der Waals surface area contributed by atoms with Gasteiger partial charge in [0.15, 0.2) is 5.41 Å². The molecule has 0 aromatic heterocycles. The molecule has 1 aliphatic carbocycles. The van der Waals surface area contributed by atoms with Gasteiger partial charge in [-0.1, -0.05) is 35.4 Å². The van der Waals surface area contributed by atoms with Crippen LogP contribution in [0.25, 0.3) is 0 Å². The summed E-state index contributed by atoms with van der Waals surface area (Å²) in [6, 6.07) is 6.30. The predicted molar refractivity (Wildman–Crippen MR) is 101 cm³/mol. The molecule has 0 amide bonds. The summed E-state index contributed by atoms with van der Waals surface area (Å²) >= 11 is 0. The molecule has 0 saturated heterocycles. The van der Waals surface area contributed by atoms with E-state index >= 15 is 0 Å². The van der Waals surface area contributed by atoms with Crippen molar-refractivity contribution in [3.8, 4) is 0 Å². The van der Waals surface area contributed by atoms with E-state index < -0.39 is 23.0 Å². The Morgan fingerprint density at radius 1 is 1.11 bits per heavy atom. The van der Waals surface area contributed by atoms with Crippen LogP contribution < -0.4 is 0 Å². The van der Waals surface area contributed by atoms with Gasteiger partial charge in [0, 0.05) is 5.92 Å². The normalized spacial score (nSPS) is 25.3. The van der Waals surface area contributed by atoms with Crippen molar-refractivity contribution < 1.29 is 23.8 Å². The van der Waals surface area contributed by atoms with E-state index in [1.165, 1.54) is 19.8 Å². The van der Waals surface area contributed by atoms with Crippen molar-refractivity contribution in [2.24, 2.45) is 11.3 Å². The number of esters is 2. The number of ether oxygens (including phenoxy) is 3. The van der Waals surface area contributed by atoms with E-state index in [2.05, 4.69) is 38.1 Å². The summed E-state index contributed by atoms with van der Waals surface area (Å²) in [6.07, 6.45) is 2.51. The molecule has 3 rings (SSSR count). The van der Waals surface area contributed by atoms with Gasteiger partial charge in [0.2, 0.25) is 0 Å². The number of hydrogen-bond donors (Lipinski definition) is 0. The van der Waals surface area contributed by atoms with E-state index in [0.29, 0.717) is 12.8 Å². The molecule has 0 N–H and O–H groups in total. The fourth-order valence-electron chi connectivity index (χ4n) is 4.61. The van der Waals surface area contributed by atoms with Gasteiger partial charge >= 0.3 is 11.9 Å². The maximum Gasteiger partial charge on any atom is 0.323 e. The van der Waals surface area contributed by atoms with Crippen molar-refractivity contribution in [3.63, 3.8) is 0 Å². The largest absolute Gasteiger partial charge is 0.468 e. The summed E-state index contributed by atoms with van der Waals surface area (Å²) in [5.41, 5.74) is 2.72. The molecule has 0 bridgehead atoms. The van der Waals surface area contributed by atoms with Gasteiger partial charge in [0.05, 0.1) is 19.8 Å². The van der Waals surface area contributed by atoms with Gasteiger partial charge < -0.3 is 14.2 Å². The molecule has 0 radical (unpaired) electrons. The quantitative estimate of drug-likeness (QED) is 0.458. The van der Waals surface area contributed by atoms with E-state index in [1.807, 2.05) is 13.8 Å². The number of aryl methyl sites for hydroxylation is 2. The SMILES string of the molecule is COC(=O)C1(C(=O)OC)CC2=C[C@@H](c3ccc(C)cc3C)OC(C)(C)[C@@H]2C1. The van der Waals surface area contributed by atoms with Crippen LogP contribution in [-0.2, 0) is 23.8 Å². The van der Waals surface area contributed by atoms with Crippen molar-refractivity contribution in [2.75, 3.05) is 14.2 Å². The summed E-state index contributed by atoms with van der Waals surface area (Å²) in [5.74, 6) is -1.12. The summed E-state index contributed by atoms with van der Waals surface area (Å²) < 4.78 is 16.4. The third kappa shape index (κ3) is 3.18. The van der Waals surface area contributed by atoms with Gasteiger partial charge in [-0.3, -0.25) is 9.59 Å². The Morgan fingerprint density at radius 2 is 1.74 bits per heavy atom. The molecule has 1 aromatic carbocycles. The topological polar surface area (TPSA) is 61.8 Å². The van der Waals surface area contributed by atoms with E-state index in [4.69, 9.17) is 14.2 Å². The molecule has 2 aliphatic rings. The third-order valence-corrected chi connectivity index (χ3v) is 6.03. The minimum atomic E-state index is -1.29. The lowest BCUT2D eigenvalue weighted by atomic mass is 9.80. The first-order valence-corrected chi connectivity index (χ1v) is 9.27. The van der Waals surface area contributed by atoms with Crippen LogP contribution in [0.4, 0.5) is 0 Å².